The van der Waals surface area contributed by atoms with E-state index in [4.69, 9.17) is 9.47 Å². The number of ether oxygens (including phenoxy) is 2. The Bertz CT molecular complexity index is 587. The third-order valence-corrected chi connectivity index (χ3v) is 3.21. The maximum absolute atomic E-state index is 14.0. The minimum Gasteiger partial charge on any atom is -0.494 e. The zero-order chi connectivity index (χ0) is 15.1. The van der Waals surface area contributed by atoms with Gasteiger partial charge in [0.1, 0.15) is 0 Å². The minimum atomic E-state index is -0.305. The van der Waals surface area contributed by atoms with Crippen molar-refractivity contribution in [3.8, 4) is 5.75 Å². The molecular formula is C17H20FNO2. The predicted octanol–water partition coefficient (Wildman–Crippen LogP) is 3.27. The lowest BCUT2D eigenvalue weighted by Crippen LogP contribution is -2.14. The average Bonchev–Trinajstić information content (AvgIpc) is 2.50. The molecular weight excluding hydrogens is 269 g/mol. The van der Waals surface area contributed by atoms with Crippen LogP contribution in [0, 0.1) is 5.82 Å². The highest BCUT2D eigenvalue weighted by Gasteiger charge is 2.07. The number of hydrogen-bond acceptors (Lipinski definition) is 3. The van der Waals surface area contributed by atoms with E-state index in [0.717, 1.165) is 11.1 Å². The topological polar surface area (TPSA) is 30.5 Å². The Morgan fingerprint density at radius 2 is 1.76 bits per heavy atom. The summed E-state index contributed by atoms with van der Waals surface area (Å²) in [6.07, 6.45) is 0. The van der Waals surface area contributed by atoms with E-state index in [0.29, 0.717) is 25.3 Å². The van der Waals surface area contributed by atoms with Gasteiger partial charge < -0.3 is 14.8 Å². The van der Waals surface area contributed by atoms with Gasteiger partial charge in [0, 0.05) is 25.8 Å². The van der Waals surface area contributed by atoms with Gasteiger partial charge >= 0.3 is 0 Å². The molecule has 0 spiro atoms. The van der Waals surface area contributed by atoms with Crippen LogP contribution in [0.2, 0.25) is 0 Å². The first kappa shape index (κ1) is 15.5. The lowest BCUT2D eigenvalue weighted by atomic mass is 10.1. The Kier molecular flexibility index (Phi) is 5.72. The molecule has 21 heavy (non-hydrogen) atoms. The molecule has 0 atom stereocenters. The largest absolute Gasteiger partial charge is 0.494 e. The molecule has 0 aliphatic heterocycles. The Morgan fingerprint density at radius 3 is 2.52 bits per heavy atom. The molecule has 0 fully saturated rings. The van der Waals surface area contributed by atoms with Gasteiger partial charge in [-0.2, -0.15) is 0 Å². The van der Waals surface area contributed by atoms with Gasteiger partial charge in [0.05, 0.1) is 13.7 Å². The summed E-state index contributed by atoms with van der Waals surface area (Å²) in [6, 6.07) is 13.3. The summed E-state index contributed by atoms with van der Waals surface area (Å²) in [4.78, 5) is 0. The Morgan fingerprint density at radius 1 is 1.00 bits per heavy atom. The van der Waals surface area contributed by atoms with Crippen LogP contribution in [0.15, 0.2) is 42.5 Å². The highest BCUT2D eigenvalue weighted by Crippen LogP contribution is 2.19. The summed E-state index contributed by atoms with van der Waals surface area (Å²) in [5.74, 6) is -0.0305. The van der Waals surface area contributed by atoms with Crippen molar-refractivity contribution in [2.24, 2.45) is 0 Å². The lowest BCUT2D eigenvalue weighted by Gasteiger charge is -2.09. The van der Waals surface area contributed by atoms with Gasteiger partial charge in [0.15, 0.2) is 11.6 Å². The minimum absolute atomic E-state index is 0.274. The van der Waals surface area contributed by atoms with Gasteiger partial charge in [-0.15, -0.1) is 0 Å². The second-order valence-corrected chi connectivity index (χ2v) is 4.79. The number of hydrogen-bond donors (Lipinski definition) is 1. The van der Waals surface area contributed by atoms with Crippen molar-refractivity contribution in [2.75, 3.05) is 14.2 Å². The number of nitrogens with one attached hydrogen (secondary N) is 1. The second kappa shape index (κ2) is 7.76. The van der Waals surface area contributed by atoms with Gasteiger partial charge in [-0.3, -0.25) is 0 Å². The van der Waals surface area contributed by atoms with Crippen LogP contribution in [0.5, 0.6) is 5.75 Å². The van der Waals surface area contributed by atoms with Gasteiger partial charge in [0.25, 0.3) is 0 Å². The van der Waals surface area contributed by atoms with Gasteiger partial charge in [0.2, 0.25) is 0 Å². The average molecular weight is 289 g/mol. The first-order valence-corrected chi connectivity index (χ1v) is 6.83. The Hall–Kier alpha value is -1.91. The van der Waals surface area contributed by atoms with Crippen LogP contribution >= 0.6 is 0 Å². The van der Waals surface area contributed by atoms with Crippen LogP contribution in [0.4, 0.5) is 4.39 Å². The Balaban J connectivity index is 1.94. The third kappa shape index (κ3) is 4.28. The van der Waals surface area contributed by atoms with E-state index in [1.54, 1.807) is 25.3 Å². The molecule has 0 aliphatic rings. The van der Waals surface area contributed by atoms with Crippen molar-refractivity contribution >= 4 is 0 Å². The monoisotopic (exact) mass is 289 g/mol. The standard InChI is InChI=1S/C17H20FNO2/c1-20-12-14-6-3-5-13(9-14)10-19-11-15-7-4-8-16(21-2)17(15)18/h3-9,19H,10-12H2,1-2H3. The van der Waals surface area contributed by atoms with Crippen molar-refractivity contribution in [1.29, 1.82) is 0 Å². The molecule has 0 aliphatic carbocycles. The summed E-state index contributed by atoms with van der Waals surface area (Å²) >= 11 is 0. The number of methoxy groups -OCH3 is 2. The third-order valence-electron chi connectivity index (χ3n) is 3.21. The fourth-order valence-electron chi connectivity index (χ4n) is 2.19. The van der Waals surface area contributed by atoms with Gasteiger partial charge in [-0.25, -0.2) is 4.39 Å². The summed E-state index contributed by atoms with van der Waals surface area (Å²) in [6.45, 7) is 1.73. The van der Waals surface area contributed by atoms with Crippen LogP contribution in [0.25, 0.3) is 0 Å². The molecule has 0 bridgehead atoms. The zero-order valence-corrected chi connectivity index (χ0v) is 12.4. The first-order chi connectivity index (χ1) is 10.2. The maximum atomic E-state index is 14.0. The van der Waals surface area contributed by atoms with Crippen LogP contribution in [0.1, 0.15) is 16.7 Å². The van der Waals surface area contributed by atoms with Crippen molar-refractivity contribution in [1.82, 2.24) is 5.32 Å². The molecule has 4 heteroatoms. The van der Waals surface area contributed by atoms with Crippen molar-refractivity contribution < 1.29 is 13.9 Å². The summed E-state index contributed by atoms with van der Waals surface area (Å²) in [5.41, 5.74) is 2.87. The molecule has 112 valence electrons. The van der Waals surface area contributed by atoms with Crippen molar-refractivity contribution in [3.05, 3.63) is 65.0 Å². The smallest absolute Gasteiger partial charge is 0.169 e. The van der Waals surface area contributed by atoms with E-state index in [9.17, 15) is 4.39 Å². The van der Waals surface area contributed by atoms with Gasteiger partial charge in [-0.05, 0) is 17.2 Å². The predicted molar refractivity (Wildman–Crippen MR) is 80.7 cm³/mol. The SMILES string of the molecule is COCc1cccc(CNCc2cccc(OC)c2F)c1. The summed E-state index contributed by atoms with van der Waals surface area (Å²) < 4.78 is 24.1. The zero-order valence-electron chi connectivity index (χ0n) is 12.4. The molecule has 2 aromatic rings. The highest BCUT2D eigenvalue weighted by molar-refractivity contribution is 5.31. The molecule has 0 saturated carbocycles. The number of rotatable bonds is 7. The molecule has 0 saturated heterocycles. The fraction of sp³-hybridized carbons (Fsp3) is 0.294. The molecule has 2 rings (SSSR count). The van der Waals surface area contributed by atoms with E-state index >= 15 is 0 Å². The number of halogens is 1. The molecule has 2 aromatic carbocycles. The quantitative estimate of drug-likeness (QED) is 0.848. The molecule has 0 aromatic heterocycles. The van der Waals surface area contributed by atoms with Crippen molar-refractivity contribution in [3.63, 3.8) is 0 Å². The summed E-state index contributed by atoms with van der Waals surface area (Å²) in [7, 11) is 3.15. The van der Waals surface area contributed by atoms with Crippen LogP contribution in [0.3, 0.4) is 0 Å². The van der Waals surface area contributed by atoms with Crippen LogP contribution in [-0.2, 0) is 24.4 Å². The maximum Gasteiger partial charge on any atom is 0.169 e. The molecule has 0 radical (unpaired) electrons. The summed E-state index contributed by atoms with van der Waals surface area (Å²) in [5, 5.41) is 3.24. The number of benzene rings is 2. The second-order valence-electron chi connectivity index (χ2n) is 4.79. The lowest BCUT2D eigenvalue weighted by molar-refractivity contribution is 0.185. The van der Waals surface area contributed by atoms with E-state index in [1.807, 2.05) is 18.2 Å². The van der Waals surface area contributed by atoms with Crippen LogP contribution in [-0.4, -0.2) is 14.2 Å². The molecule has 3 nitrogen and oxygen atoms in total. The Labute approximate surface area is 124 Å². The van der Waals surface area contributed by atoms with Gasteiger partial charge in [-0.1, -0.05) is 36.4 Å². The molecule has 0 heterocycles. The first-order valence-electron chi connectivity index (χ1n) is 6.83. The molecule has 0 unspecified atom stereocenters. The van der Waals surface area contributed by atoms with Crippen molar-refractivity contribution in [2.45, 2.75) is 19.7 Å². The van der Waals surface area contributed by atoms with E-state index in [2.05, 4.69) is 11.4 Å². The molecule has 0 amide bonds. The van der Waals surface area contributed by atoms with E-state index < -0.39 is 0 Å². The van der Waals surface area contributed by atoms with E-state index in [-0.39, 0.29) is 11.6 Å². The fourth-order valence-corrected chi connectivity index (χ4v) is 2.19. The highest BCUT2D eigenvalue weighted by atomic mass is 19.1. The molecule has 1 N–H and O–H groups in total. The van der Waals surface area contributed by atoms with E-state index in [1.165, 1.54) is 7.11 Å². The van der Waals surface area contributed by atoms with Crippen LogP contribution < -0.4 is 10.1 Å². The normalized spacial score (nSPS) is 10.6.